The zero-order valence-electron chi connectivity index (χ0n) is 23.1. The number of cyclic esters (lactones) is 1. The molecule has 0 bridgehead atoms. The largest absolute Gasteiger partial charge is 0.493 e. The molecule has 1 unspecified atom stereocenters. The summed E-state index contributed by atoms with van der Waals surface area (Å²) in [6.07, 6.45) is -1.89. The van der Waals surface area contributed by atoms with Crippen molar-refractivity contribution >= 4 is 14.3 Å². The number of ether oxygens (including phenoxy) is 6. The van der Waals surface area contributed by atoms with E-state index in [-0.39, 0.29) is 11.8 Å². The van der Waals surface area contributed by atoms with Gasteiger partial charge in [-0.05, 0) is 59.1 Å². The van der Waals surface area contributed by atoms with Crippen molar-refractivity contribution in [3.63, 3.8) is 0 Å². The highest BCUT2D eigenvalue weighted by molar-refractivity contribution is 6.74. The Morgan fingerprint density at radius 1 is 0.921 bits per heavy atom. The molecule has 0 saturated carbocycles. The maximum absolute atomic E-state index is 13.4. The molecule has 0 aromatic heterocycles. The molecule has 3 aliphatic rings. The quantitative estimate of drug-likeness (QED) is 0.407. The van der Waals surface area contributed by atoms with Gasteiger partial charge in [-0.25, -0.2) is 0 Å². The van der Waals surface area contributed by atoms with E-state index in [0.29, 0.717) is 28.7 Å². The molecule has 10 heteroatoms. The number of benzene rings is 2. The lowest BCUT2D eigenvalue weighted by Gasteiger charge is -2.45. The highest BCUT2D eigenvalue weighted by Crippen LogP contribution is 2.59. The first-order valence-electron chi connectivity index (χ1n) is 12.7. The van der Waals surface area contributed by atoms with Crippen LogP contribution in [0.2, 0.25) is 18.1 Å². The summed E-state index contributed by atoms with van der Waals surface area (Å²) in [7, 11) is 2.29. The number of aliphatic hydroxyl groups excluding tert-OH is 1. The second-order valence-corrected chi connectivity index (χ2v) is 16.3. The zero-order chi connectivity index (χ0) is 27.6. The van der Waals surface area contributed by atoms with E-state index in [4.69, 9.17) is 32.8 Å². The van der Waals surface area contributed by atoms with Crippen LogP contribution in [0.25, 0.3) is 0 Å². The average molecular weight is 545 g/mol. The van der Waals surface area contributed by atoms with E-state index < -0.39 is 44.4 Å². The van der Waals surface area contributed by atoms with E-state index in [1.165, 1.54) is 0 Å². The summed E-state index contributed by atoms with van der Waals surface area (Å²) in [6.45, 7) is 10.9. The number of fused-ring (bicyclic) bond motifs is 3. The van der Waals surface area contributed by atoms with Gasteiger partial charge < -0.3 is 38.0 Å². The number of esters is 1. The first-order chi connectivity index (χ1) is 17.9. The minimum atomic E-state index is -2.35. The van der Waals surface area contributed by atoms with Crippen LogP contribution in [-0.4, -0.2) is 53.8 Å². The Balaban J connectivity index is 1.76. The normalized spacial score (nSPS) is 25.9. The Bertz CT molecular complexity index is 1230. The Morgan fingerprint density at radius 2 is 1.50 bits per heavy atom. The van der Waals surface area contributed by atoms with E-state index >= 15 is 0 Å². The van der Waals surface area contributed by atoms with Crippen LogP contribution in [0.5, 0.6) is 28.7 Å². The van der Waals surface area contributed by atoms with Crippen molar-refractivity contribution in [3.05, 3.63) is 41.0 Å². The minimum absolute atomic E-state index is 0.0962. The molecule has 9 nitrogen and oxygen atoms in total. The standard InChI is InChI=1S/C28H36O9Si/c1-28(2,3)38(7,8)37-24-16-12-18-17(34-13-35-18)11-15(16)21(22-23(24)27(30)36-26(22)29)14-9-19(31-4)25(33-6)20(10-14)32-5/h9-12,21-24,27,30H,13H2,1-8H3/t21-,22+,23+,24+,27?/m1/s1. The van der Waals surface area contributed by atoms with Crippen LogP contribution in [0.4, 0.5) is 0 Å². The van der Waals surface area contributed by atoms with Gasteiger partial charge in [0.1, 0.15) is 0 Å². The molecule has 2 aromatic rings. The maximum Gasteiger partial charge on any atom is 0.312 e. The topological polar surface area (TPSA) is 102 Å². The van der Waals surface area contributed by atoms with Gasteiger partial charge >= 0.3 is 5.97 Å². The molecule has 5 atom stereocenters. The van der Waals surface area contributed by atoms with Crippen LogP contribution in [0.3, 0.4) is 0 Å². The average Bonchev–Trinajstić information content (AvgIpc) is 3.44. The fraction of sp³-hybridized carbons (Fsp3) is 0.536. The molecular formula is C28H36O9Si. The summed E-state index contributed by atoms with van der Waals surface area (Å²) in [6, 6.07) is 7.52. The highest BCUT2D eigenvalue weighted by Gasteiger charge is 2.58. The summed E-state index contributed by atoms with van der Waals surface area (Å²) in [5.41, 5.74) is 2.45. The van der Waals surface area contributed by atoms with E-state index in [0.717, 1.165) is 16.7 Å². The number of carbonyl (C=O) groups excluding carboxylic acids is 1. The molecule has 1 fully saturated rings. The van der Waals surface area contributed by atoms with Crippen molar-refractivity contribution < 1.29 is 42.7 Å². The van der Waals surface area contributed by atoms with Crippen molar-refractivity contribution in [3.8, 4) is 28.7 Å². The summed E-state index contributed by atoms with van der Waals surface area (Å²) >= 11 is 0. The monoisotopic (exact) mass is 544 g/mol. The first kappa shape index (κ1) is 26.6. The molecule has 1 aliphatic carbocycles. The fourth-order valence-corrected chi connectivity index (χ4v) is 6.77. The predicted molar refractivity (Wildman–Crippen MR) is 141 cm³/mol. The molecular weight excluding hydrogens is 508 g/mol. The van der Waals surface area contributed by atoms with Gasteiger partial charge in [0.05, 0.1) is 39.3 Å². The van der Waals surface area contributed by atoms with Gasteiger partial charge in [0, 0.05) is 5.92 Å². The zero-order valence-corrected chi connectivity index (χ0v) is 24.1. The van der Waals surface area contributed by atoms with Gasteiger partial charge in [-0.1, -0.05) is 20.8 Å². The molecule has 206 valence electrons. The van der Waals surface area contributed by atoms with Gasteiger partial charge in [-0.15, -0.1) is 0 Å². The maximum atomic E-state index is 13.4. The van der Waals surface area contributed by atoms with Gasteiger partial charge in [-0.3, -0.25) is 4.79 Å². The molecule has 38 heavy (non-hydrogen) atoms. The molecule has 2 heterocycles. The molecule has 5 rings (SSSR count). The summed E-state index contributed by atoms with van der Waals surface area (Å²) in [5.74, 6) is 0.260. The molecule has 0 spiro atoms. The van der Waals surface area contributed by atoms with Crippen molar-refractivity contribution in [2.45, 2.75) is 57.2 Å². The highest BCUT2D eigenvalue weighted by atomic mass is 28.4. The Hall–Kier alpha value is -2.95. The third-order valence-corrected chi connectivity index (χ3v) is 12.9. The molecule has 2 aromatic carbocycles. The van der Waals surface area contributed by atoms with Gasteiger partial charge in [0.15, 0.2) is 31.3 Å². The van der Waals surface area contributed by atoms with Crippen molar-refractivity contribution in [2.24, 2.45) is 11.8 Å². The smallest absolute Gasteiger partial charge is 0.312 e. The Morgan fingerprint density at radius 3 is 2.03 bits per heavy atom. The number of rotatable bonds is 6. The third kappa shape index (κ3) is 4.09. The van der Waals surface area contributed by atoms with Gasteiger partial charge in [0.25, 0.3) is 0 Å². The molecule has 0 amide bonds. The third-order valence-electron chi connectivity index (χ3n) is 8.46. The number of hydrogen-bond donors (Lipinski definition) is 1. The minimum Gasteiger partial charge on any atom is -0.493 e. The van der Waals surface area contributed by atoms with Crippen LogP contribution in [0, 0.1) is 11.8 Å². The van der Waals surface area contributed by atoms with Crippen LogP contribution >= 0.6 is 0 Å². The van der Waals surface area contributed by atoms with Crippen LogP contribution in [-0.2, 0) is 14.0 Å². The number of methoxy groups -OCH3 is 3. The number of hydrogen-bond acceptors (Lipinski definition) is 9. The lowest BCUT2D eigenvalue weighted by molar-refractivity contribution is -0.158. The first-order valence-corrected chi connectivity index (χ1v) is 15.6. The summed E-state index contributed by atoms with van der Waals surface area (Å²) in [5, 5.41) is 11.0. The number of carbonyl (C=O) groups is 1. The van der Waals surface area contributed by atoms with E-state index in [9.17, 15) is 9.90 Å². The van der Waals surface area contributed by atoms with E-state index in [1.807, 2.05) is 24.3 Å². The van der Waals surface area contributed by atoms with Gasteiger partial charge in [-0.2, -0.15) is 0 Å². The fourth-order valence-electron chi connectivity index (χ4n) is 5.50. The molecule has 1 N–H and O–H groups in total. The SMILES string of the molecule is COc1cc([C@@H]2c3cc4c(cc3[C@H](O[Si](C)(C)C(C)(C)C)[C@H]3C(O)OC(=O)[C@@H]23)OCO4)cc(OC)c1OC. The van der Waals surface area contributed by atoms with Gasteiger partial charge in [0.2, 0.25) is 18.8 Å². The van der Waals surface area contributed by atoms with Crippen molar-refractivity contribution in [1.29, 1.82) is 0 Å². The molecule has 2 aliphatic heterocycles. The second kappa shape index (κ2) is 9.35. The summed E-state index contributed by atoms with van der Waals surface area (Å²) in [4.78, 5) is 13.4. The van der Waals surface area contributed by atoms with E-state index in [2.05, 4.69) is 33.9 Å². The summed E-state index contributed by atoms with van der Waals surface area (Å²) < 4.78 is 40.7. The molecule has 0 radical (unpaired) electrons. The second-order valence-electron chi connectivity index (χ2n) is 11.5. The van der Waals surface area contributed by atoms with Crippen molar-refractivity contribution in [2.75, 3.05) is 28.1 Å². The number of aliphatic hydroxyl groups is 1. The molecule has 1 saturated heterocycles. The van der Waals surface area contributed by atoms with Crippen molar-refractivity contribution in [1.82, 2.24) is 0 Å². The van der Waals surface area contributed by atoms with E-state index in [1.54, 1.807) is 21.3 Å². The van der Waals surface area contributed by atoms with Crippen LogP contribution < -0.4 is 23.7 Å². The lowest BCUT2D eigenvalue weighted by atomic mass is 9.65. The Kier molecular flexibility index (Phi) is 6.56. The Labute approximate surface area is 224 Å². The van der Waals surface area contributed by atoms with Crippen LogP contribution in [0.1, 0.15) is 49.5 Å². The lowest BCUT2D eigenvalue weighted by Crippen LogP contribution is -2.47. The van der Waals surface area contributed by atoms with Crippen LogP contribution in [0.15, 0.2) is 24.3 Å². The predicted octanol–water partition coefficient (Wildman–Crippen LogP) is 4.76.